The first-order valence-electron chi connectivity index (χ1n) is 12.0. The Hall–Kier alpha value is -2.90. The molecule has 3 heterocycles. The number of hydrogen-bond acceptors (Lipinski definition) is 4. The fraction of sp³-hybridized carbons (Fsp3) is 0.583. The third-order valence-electron chi connectivity index (χ3n) is 7.14. The van der Waals surface area contributed by atoms with Crippen molar-refractivity contribution in [2.75, 3.05) is 13.1 Å². The van der Waals surface area contributed by atoms with Crippen LogP contribution in [0.4, 0.5) is 4.79 Å². The standard InChI is InChI=1S/C24H32N6O2/c31-23(28-14-12-18-7-4-5-8-19(18)15-28)22-17-29(27-26-22)16-21-11-6-13-30(21)24(32)25-20-9-2-1-3-10-20/h4-5,7-8,17,20-21H,1-3,6,9-16H2,(H,25,32). The summed E-state index contributed by atoms with van der Waals surface area (Å²) in [6, 6.07) is 8.71. The zero-order valence-electron chi connectivity index (χ0n) is 18.6. The molecule has 1 saturated carbocycles. The van der Waals surface area contributed by atoms with Crippen molar-refractivity contribution in [2.24, 2.45) is 0 Å². The molecule has 2 aromatic rings. The van der Waals surface area contributed by atoms with Crippen LogP contribution < -0.4 is 5.32 Å². The molecule has 5 rings (SSSR count). The Morgan fingerprint density at radius 1 is 1.00 bits per heavy atom. The lowest BCUT2D eigenvalue weighted by Crippen LogP contribution is -2.48. The molecule has 0 spiro atoms. The van der Waals surface area contributed by atoms with Crippen molar-refractivity contribution in [2.45, 2.75) is 76.5 Å². The van der Waals surface area contributed by atoms with E-state index in [4.69, 9.17) is 0 Å². The molecule has 0 radical (unpaired) electrons. The van der Waals surface area contributed by atoms with Crippen LogP contribution in [0.5, 0.6) is 0 Å². The number of aromatic nitrogens is 3. The number of benzene rings is 1. The lowest BCUT2D eigenvalue weighted by atomic mass is 9.96. The molecule has 32 heavy (non-hydrogen) atoms. The average molecular weight is 437 g/mol. The zero-order valence-corrected chi connectivity index (χ0v) is 18.6. The van der Waals surface area contributed by atoms with Gasteiger partial charge in [-0.25, -0.2) is 9.48 Å². The van der Waals surface area contributed by atoms with E-state index >= 15 is 0 Å². The minimum atomic E-state index is -0.0796. The van der Waals surface area contributed by atoms with E-state index in [1.165, 1.54) is 30.4 Å². The maximum Gasteiger partial charge on any atom is 0.317 e. The number of carbonyl (C=O) groups is 2. The smallest absolute Gasteiger partial charge is 0.317 e. The Labute approximate surface area is 188 Å². The number of urea groups is 1. The number of nitrogens with one attached hydrogen (secondary N) is 1. The number of hydrogen-bond donors (Lipinski definition) is 1. The van der Waals surface area contributed by atoms with Crippen LogP contribution in [0.25, 0.3) is 0 Å². The third-order valence-corrected chi connectivity index (χ3v) is 7.14. The van der Waals surface area contributed by atoms with Crippen molar-refractivity contribution in [3.05, 3.63) is 47.3 Å². The molecule has 0 bridgehead atoms. The number of likely N-dealkylation sites (tertiary alicyclic amines) is 1. The highest BCUT2D eigenvalue weighted by molar-refractivity contribution is 5.92. The molecule has 1 unspecified atom stereocenters. The number of rotatable bonds is 4. The van der Waals surface area contributed by atoms with Crippen molar-refractivity contribution in [1.82, 2.24) is 30.1 Å². The summed E-state index contributed by atoms with van der Waals surface area (Å²) in [4.78, 5) is 29.6. The largest absolute Gasteiger partial charge is 0.335 e. The van der Waals surface area contributed by atoms with Crippen LogP contribution in [0, 0.1) is 0 Å². The fourth-order valence-electron chi connectivity index (χ4n) is 5.33. The molecule has 1 aromatic heterocycles. The summed E-state index contributed by atoms with van der Waals surface area (Å²) in [5.41, 5.74) is 2.89. The van der Waals surface area contributed by atoms with Gasteiger partial charge in [-0.2, -0.15) is 0 Å². The van der Waals surface area contributed by atoms with Crippen molar-refractivity contribution in [1.29, 1.82) is 0 Å². The minimum absolute atomic E-state index is 0.0443. The lowest BCUT2D eigenvalue weighted by molar-refractivity contribution is 0.0728. The molecule has 3 amide bonds. The highest BCUT2D eigenvalue weighted by atomic mass is 16.2. The number of nitrogens with zero attached hydrogens (tertiary/aromatic N) is 5. The Kier molecular flexibility index (Phi) is 6.10. The van der Waals surface area contributed by atoms with Crippen molar-refractivity contribution < 1.29 is 9.59 Å². The van der Waals surface area contributed by atoms with Gasteiger partial charge >= 0.3 is 6.03 Å². The van der Waals surface area contributed by atoms with Crippen LogP contribution in [0.3, 0.4) is 0 Å². The molecular formula is C24H32N6O2. The SMILES string of the molecule is O=C(c1cn(CC2CCCN2C(=O)NC2CCCCC2)nn1)N1CCc2ccccc2C1. The first-order valence-corrected chi connectivity index (χ1v) is 12.0. The van der Waals surface area contributed by atoms with Crippen LogP contribution >= 0.6 is 0 Å². The summed E-state index contributed by atoms with van der Waals surface area (Å²) < 4.78 is 1.72. The van der Waals surface area contributed by atoms with E-state index in [9.17, 15) is 9.59 Å². The van der Waals surface area contributed by atoms with E-state index in [-0.39, 0.29) is 18.0 Å². The average Bonchev–Trinajstić information content (AvgIpc) is 3.49. The van der Waals surface area contributed by atoms with Crippen LogP contribution in [0.15, 0.2) is 30.5 Å². The van der Waals surface area contributed by atoms with Gasteiger partial charge in [0.05, 0.1) is 18.8 Å². The van der Waals surface area contributed by atoms with Crippen LogP contribution in [-0.2, 0) is 19.5 Å². The van der Waals surface area contributed by atoms with E-state index in [0.717, 1.165) is 38.6 Å². The number of carbonyl (C=O) groups excluding carboxylic acids is 2. The molecule has 1 aliphatic carbocycles. The second kappa shape index (κ2) is 9.30. The molecule has 1 N–H and O–H groups in total. The topological polar surface area (TPSA) is 83.4 Å². The molecular weight excluding hydrogens is 404 g/mol. The van der Waals surface area contributed by atoms with Gasteiger partial charge in [0, 0.05) is 25.7 Å². The quantitative estimate of drug-likeness (QED) is 0.799. The minimum Gasteiger partial charge on any atom is -0.335 e. The van der Waals surface area contributed by atoms with Gasteiger partial charge in [-0.3, -0.25) is 4.79 Å². The van der Waals surface area contributed by atoms with Gasteiger partial charge in [0.1, 0.15) is 0 Å². The lowest BCUT2D eigenvalue weighted by Gasteiger charge is -2.29. The summed E-state index contributed by atoms with van der Waals surface area (Å²) >= 11 is 0. The van der Waals surface area contributed by atoms with E-state index in [1.54, 1.807) is 10.9 Å². The third kappa shape index (κ3) is 4.49. The van der Waals surface area contributed by atoms with Crippen molar-refractivity contribution >= 4 is 11.9 Å². The summed E-state index contributed by atoms with van der Waals surface area (Å²) in [7, 11) is 0. The molecule has 8 heteroatoms. The van der Waals surface area contributed by atoms with Crippen LogP contribution in [-0.4, -0.2) is 61.9 Å². The Morgan fingerprint density at radius 3 is 2.66 bits per heavy atom. The number of fused-ring (bicyclic) bond motifs is 1. The molecule has 2 fully saturated rings. The number of amides is 3. The Morgan fingerprint density at radius 2 is 1.81 bits per heavy atom. The second-order valence-electron chi connectivity index (χ2n) is 9.35. The van der Waals surface area contributed by atoms with Gasteiger partial charge < -0.3 is 15.1 Å². The van der Waals surface area contributed by atoms with Crippen molar-refractivity contribution in [3.8, 4) is 0 Å². The summed E-state index contributed by atoms with van der Waals surface area (Å²) in [6.45, 7) is 2.65. The van der Waals surface area contributed by atoms with Gasteiger partial charge in [0.2, 0.25) is 0 Å². The normalized spacial score (nSPS) is 21.4. The van der Waals surface area contributed by atoms with Crippen LogP contribution in [0.1, 0.15) is 66.6 Å². The highest BCUT2D eigenvalue weighted by Crippen LogP contribution is 2.22. The molecule has 1 aromatic carbocycles. The van der Waals surface area contributed by atoms with Gasteiger partial charge in [0.25, 0.3) is 5.91 Å². The van der Waals surface area contributed by atoms with Crippen molar-refractivity contribution in [3.63, 3.8) is 0 Å². The van der Waals surface area contributed by atoms with Gasteiger partial charge in [-0.1, -0.05) is 48.7 Å². The molecule has 170 valence electrons. The molecule has 8 nitrogen and oxygen atoms in total. The van der Waals surface area contributed by atoms with Gasteiger partial charge in [-0.05, 0) is 43.2 Å². The highest BCUT2D eigenvalue weighted by Gasteiger charge is 2.31. The fourth-order valence-corrected chi connectivity index (χ4v) is 5.33. The monoisotopic (exact) mass is 436 g/mol. The first kappa shape index (κ1) is 21.0. The summed E-state index contributed by atoms with van der Waals surface area (Å²) in [6.07, 6.45) is 10.4. The maximum absolute atomic E-state index is 13.0. The predicted octanol–water partition coefficient (Wildman–Crippen LogP) is 2.98. The summed E-state index contributed by atoms with van der Waals surface area (Å²) in [5, 5.41) is 11.6. The molecule has 1 atom stereocenters. The van der Waals surface area contributed by atoms with Gasteiger partial charge in [-0.15, -0.1) is 5.10 Å². The Balaban J connectivity index is 1.19. The first-order chi connectivity index (χ1) is 15.7. The van der Waals surface area contributed by atoms with E-state index in [2.05, 4.69) is 27.8 Å². The summed E-state index contributed by atoms with van der Waals surface area (Å²) in [5.74, 6) is -0.0796. The van der Waals surface area contributed by atoms with Crippen LogP contribution in [0.2, 0.25) is 0 Å². The zero-order chi connectivity index (χ0) is 21.9. The predicted molar refractivity (Wildman–Crippen MR) is 120 cm³/mol. The van der Waals surface area contributed by atoms with E-state index in [0.29, 0.717) is 31.4 Å². The van der Waals surface area contributed by atoms with Gasteiger partial charge in [0.15, 0.2) is 5.69 Å². The molecule has 3 aliphatic rings. The molecule has 1 saturated heterocycles. The second-order valence-corrected chi connectivity index (χ2v) is 9.35. The van der Waals surface area contributed by atoms with E-state index in [1.807, 2.05) is 21.9 Å². The maximum atomic E-state index is 13.0. The Bertz CT molecular complexity index is 967. The molecule has 2 aliphatic heterocycles. The van der Waals surface area contributed by atoms with E-state index < -0.39 is 0 Å².